The second-order valence-corrected chi connectivity index (χ2v) is 8.96. The van der Waals surface area contributed by atoms with Gasteiger partial charge in [-0.05, 0) is 63.1 Å². The second kappa shape index (κ2) is 13.9. The van der Waals surface area contributed by atoms with Crippen LogP contribution in [0.15, 0.2) is 71.4 Å². The Kier molecular flexibility index (Phi) is 11.0. The number of methoxy groups -OCH3 is 1. The van der Waals surface area contributed by atoms with Crippen LogP contribution >= 0.6 is 11.9 Å². The zero-order chi connectivity index (χ0) is 26.7. The Morgan fingerprint density at radius 3 is 2.22 bits per heavy atom. The number of carboxylic acids is 2. The Balaban J connectivity index is 2.58. The molecule has 0 saturated heterocycles. The third kappa shape index (κ3) is 7.59. The van der Waals surface area contributed by atoms with E-state index in [4.69, 9.17) is 11.2 Å². The maximum absolute atomic E-state index is 11.8. The van der Waals surface area contributed by atoms with Crippen LogP contribution in [0, 0.1) is 12.3 Å². The van der Waals surface area contributed by atoms with Gasteiger partial charge in [0.05, 0.1) is 25.8 Å². The van der Waals surface area contributed by atoms with Crippen LogP contribution in [0.2, 0.25) is 0 Å². The molecule has 0 heterocycles. The molecule has 0 aliphatic heterocycles. The lowest BCUT2D eigenvalue weighted by Gasteiger charge is -2.31. The van der Waals surface area contributed by atoms with Crippen LogP contribution in [0.5, 0.6) is 0 Å². The Labute approximate surface area is 216 Å². The number of carboxylic acid groups (broad SMARTS) is 2. The van der Waals surface area contributed by atoms with Gasteiger partial charge in [-0.15, -0.1) is 6.42 Å². The molecule has 0 spiro atoms. The number of carbonyl (C=O) groups is 2. The SMILES string of the molecule is C#CCN(c1ccc(N(CC(=O)O)SC(/C=C\C(=C/C)OC)=C/C)c2ccccc12)C(C)CC(=O)O. The molecule has 36 heavy (non-hydrogen) atoms. The van der Waals surface area contributed by atoms with Gasteiger partial charge in [-0.3, -0.25) is 9.59 Å². The number of hydrogen-bond acceptors (Lipinski definition) is 6. The highest BCUT2D eigenvalue weighted by Gasteiger charge is 2.22. The number of rotatable bonds is 13. The summed E-state index contributed by atoms with van der Waals surface area (Å²) in [7, 11) is 1.59. The predicted molar refractivity (Wildman–Crippen MR) is 148 cm³/mol. The molecule has 0 radical (unpaired) electrons. The van der Waals surface area contributed by atoms with Crippen molar-refractivity contribution in [1.82, 2.24) is 0 Å². The quantitative estimate of drug-likeness (QED) is 0.154. The van der Waals surface area contributed by atoms with Gasteiger partial charge in [-0.2, -0.15) is 0 Å². The molecule has 0 aliphatic carbocycles. The fourth-order valence-electron chi connectivity index (χ4n) is 3.72. The minimum atomic E-state index is -0.967. The number of ether oxygens (including phenoxy) is 1. The van der Waals surface area contributed by atoms with Crippen LogP contribution in [-0.4, -0.2) is 48.4 Å². The van der Waals surface area contributed by atoms with Crippen molar-refractivity contribution in [3.63, 3.8) is 0 Å². The third-order valence-corrected chi connectivity index (χ3v) is 6.56. The number of hydrogen-bond donors (Lipinski definition) is 2. The van der Waals surface area contributed by atoms with Crippen LogP contribution in [0.4, 0.5) is 11.4 Å². The Hall–Kier alpha value is -3.83. The van der Waals surface area contributed by atoms with E-state index in [-0.39, 0.29) is 25.6 Å². The molecule has 8 heteroatoms. The van der Waals surface area contributed by atoms with E-state index in [1.165, 1.54) is 11.9 Å². The summed E-state index contributed by atoms with van der Waals surface area (Å²) < 4.78 is 7.00. The molecule has 1 atom stereocenters. The van der Waals surface area contributed by atoms with Gasteiger partial charge >= 0.3 is 11.9 Å². The van der Waals surface area contributed by atoms with Crippen molar-refractivity contribution in [3.05, 3.63) is 71.4 Å². The highest BCUT2D eigenvalue weighted by molar-refractivity contribution is 8.04. The largest absolute Gasteiger partial charge is 0.497 e. The van der Waals surface area contributed by atoms with Crippen LogP contribution in [0.25, 0.3) is 10.8 Å². The highest BCUT2D eigenvalue weighted by Crippen LogP contribution is 2.39. The van der Waals surface area contributed by atoms with Gasteiger partial charge in [-0.25, -0.2) is 0 Å². The zero-order valence-corrected chi connectivity index (χ0v) is 21.8. The average Bonchev–Trinajstić information content (AvgIpc) is 2.85. The smallest absolute Gasteiger partial charge is 0.324 e. The summed E-state index contributed by atoms with van der Waals surface area (Å²) in [5.41, 5.74) is 1.52. The van der Waals surface area contributed by atoms with E-state index in [0.717, 1.165) is 27.1 Å². The first-order chi connectivity index (χ1) is 17.2. The molecule has 190 valence electrons. The first-order valence-electron chi connectivity index (χ1n) is 11.4. The molecule has 1 unspecified atom stereocenters. The molecular formula is C28H32N2O5S. The van der Waals surface area contributed by atoms with Gasteiger partial charge < -0.3 is 24.2 Å². The molecule has 0 aliphatic rings. The van der Waals surface area contributed by atoms with E-state index in [1.54, 1.807) is 11.4 Å². The summed E-state index contributed by atoms with van der Waals surface area (Å²) >= 11 is 1.31. The number of allylic oxidation sites excluding steroid dienone is 4. The van der Waals surface area contributed by atoms with Crippen molar-refractivity contribution in [2.75, 3.05) is 29.4 Å². The molecule has 2 aromatic rings. The first kappa shape index (κ1) is 28.4. The van der Waals surface area contributed by atoms with Crippen LogP contribution in [-0.2, 0) is 14.3 Å². The van der Waals surface area contributed by atoms with E-state index in [9.17, 15) is 19.8 Å². The summed E-state index contributed by atoms with van der Waals surface area (Å²) in [6.45, 7) is 5.59. The minimum Gasteiger partial charge on any atom is -0.497 e. The summed E-state index contributed by atoms with van der Waals surface area (Å²) in [5, 5.41) is 20.7. The van der Waals surface area contributed by atoms with E-state index >= 15 is 0 Å². The molecule has 0 fully saturated rings. The maximum atomic E-state index is 11.8. The third-order valence-electron chi connectivity index (χ3n) is 5.43. The standard InChI is InChI=1S/C28H32N2O5S/c1-6-17-29(20(4)18-27(31)32)25-15-16-26(24-12-10-9-11-23(24)25)30(19-28(33)34)36-22(8-3)14-13-21(7-2)35-5/h1,7-16,20H,17-19H2,2-5H3,(H,31,32)(H,33,34)/b14-13-,21-7+,22-8+. The fraction of sp³-hybridized carbons (Fsp3) is 0.286. The van der Waals surface area contributed by atoms with Gasteiger partial charge in [0.1, 0.15) is 12.3 Å². The zero-order valence-electron chi connectivity index (χ0n) is 21.0. The fourth-order valence-corrected chi connectivity index (χ4v) is 4.64. The van der Waals surface area contributed by atoms with Crippen molar-refractivity contribution in [2.45, 2.75) is 33.2 Å². The Bertz CT molecular complexity index is 1210. The normalized spacial score (nSPS) is 12.9. The number of terminal acetylenes is 1. The molecule has 2 rings (SSSR count). The van der Waals surface area contributed by atoms with Gasteiger partial charge in [0.25, 0.3) is 0 Å². The molecule has 0 amide bonds. The van der Waals surface area contributed by atoms with Gasteiger partial charge in [0.2, 0.25) is 0 Å². The van der Waals surface area contributed by atoms with Crippen LogP contribution < -0.4 is 9.21 Å². The van der Waals surface area contributed by atoms with Gasteiger partial charge in [-0.1, -0.05) is 36.3 Å². The van der Waals surface area contributed by atoms with E-state index < -0.39 is 11.9 Å². The number of benzene rings is 2. The summed E-state index contributed by atoms with van der Waals surface area (Å²) in [6, 6.07) is 11.0. The average molecular weight is 509 g/mol. The Morgan fingerprint density at radius 1 is 1.06 bits per heavy atom. The van der Waals surface area contributed by atoms with Crippen molar-refractivity contribution >= 4 is 46.0 Å². The first-order valence-corrected chi connectivity index (χ1v) is 12.2. The highest BCUT2D eigenvalue weighted by atomic mass is 32.2. The molecule has 0 bridgehead atoms. The van der Waals surface area contributed by atoms with E-state index in [0.29, 0.717) is 5.76 Å². The lowest BCUT2D eigenvalue weighted by atomic mass is 10.0. The van der Waals surface area contributed by atoms with Gasteiger partial charge in [0.15, 0.2) is 0 Å². The van der Waals surface area contributed by atoms with Crippen molar-refractivity contribution in [1.29, 1.82) is 0 Å². The number of fused-ring (bicyclic) bond motifs is 1. The second-order valence-electron chi connectivity index (χ2n) is 7.87. The summed E-state index contributed by atoms with van der Waals surface area (Å²) in [4.78, 5) is 25.9. The molecule has 2 N–H and O–H groups in total. The summed E-state index contributed by atoms with van der Waals surface area (Å²) in [6.07, 6.45) is 13.0. The van der Waals surface area contributed by atoms with Crippen LogP contribution in [0.1, 0.15) is 27.2 Å². The van der Waals surface area contributed by atoms with Crippen molar-refractivity contribution < 1.29 is 24.5 Å². The monoisotopic (exact) mass is 508 g/mol. The Morgan fingerprint density at radius 2 is 1.69 bits per heavy atom. The van der Waals surface area contributed by atoms with E-state index in [2.05, 4.69) is 5.92 Å². The number of aliphatic carboxylic acids is 2. The lowest BCUT2D eigenvalue weighted by molar-refractivity contribution is -0.137. The van der Waals surface area contributed by atoms with E-state index in [1.807, 2.05) is 86.4 Å². The minimum absolute atomic E-state index is 0.0641. The predicted octanol–water partition coefficient (Wildman–Crippen LogP) is 5.69. The van der Waals surface area contributed by atoms with Crippen molar-refractivity contribution in [2.24, 2.45) is 0 Å². The number of anilines is 2. The maximum Gasteiger partial charge on any atom is 0.324 e. The molecule has 7 nitrogen and oxygen atoms in total. The molecule has 2 aromatic carbocycles. The summed E-state index contributed by atoms with van der Waals surface area (Å²) in [5.74, 6) is 1.45. The molecule has 0 aromatic heterocycles. The van der Waals surface area contributed by atoms with Gasteiger partial charge in [0, 0.05) is 27.4 Å². The lowest BCUT2D eigenvalue weighted by Crippen LogP contribution is -2.35. The topological polar surface area (TPSA) is 90.3 Å². The number of nitrogens with zero attached hydrogens (tertiary/aromatic N) is 2. The van der Waals surface area contributed by atoms with Crippen molar-refractivity contribution in [3.8, 4) is 12.3 Å². The van der Waals surface area contributed by atoms with Crippen LogP contribution in [0.3, 0.4) is 0 Å². The molecule has 0 saturated carbocycles. The molecular weight excluding hydrogens is 476 g/mol.